The number of carbonyl (C=O) groups excluding carboxylic acids is 1. The Balaban J connectivity index is 1.68. The molecule has 0 atom stereocenters. The van der Waals surface area contributed by atoms with Gasteiger partial charge < -0.3 is 4.57 Å². The third-order valence-corrected chi connectivity index (χ3v) is 7.09. The average molecular weight is 486 g/mol. The summed E-state index contributed by atoms with van der Waals surface area (Å²) in [7, 11) is -3.98. The molecule has 0 unspecified atom stereocenters. The number of aromatic nitrogens is 1. The minimum atomic E-state index is -3.98. The zero-order chi connectivity index (χ0) is 23.6. The second-order valence-corrected chi connectivity index (χ2v) is 9.62. The number of benzene rings is 3. The lowest BCUT2D eigenvalue weighted by Crippen LogP contribution is -2.17. The number of allylic oxidation sites excluding steroid dienone is 1. The zero-order valence-electron chi connectivity index (χ0n) is 17.0. The van der Waals surface area contributed by atoms with Crippen molar-refractivity contribution >= 4 is 43.2 Å². The first kappa shape index (κ1) is 22.6. The van der Waals surface area contributed by atoms with Gasteiger partial charge in [0.1, 0.15) is 11.6 Å². The van der Waals surface area contributed by atoms with E-state index < -0.39 is 27.6 Å². The van der Waals surface area contributed by atoms with Gasteiger partial charge in [-0.2, -0.15) is 4.99 Å². The van der Waals surface area contributed by atoms with Crippen LogP contribution in [-0.4, -0.2) is 18.9 Å². The molecule has 33 heavy (non-hydrogen) atoms. The fraction of sp³-hybridized carbons (Fsp3) is 0.0435. The number of para-hydroxylation sites is 1. The summed E-state index contributed by atoms with van der Waals surface area (Å²) < 4.78 is 57.1. The van der Waals surface area contributed by atoms with Crippen molar-refractivity contribution in [2.45, 2.75) is 11.4 Å². The number of amides is 1. The fourth-order valence-electron chi connectivity index (χ4n) is 3.17. The lowest BCUT2D eigenvalue weighted by atomic mass is 10.2. The van der Waals surface area contributed by atoms with Crippen LogP contribution in [0.15, 0.2) is 89.3 Å². The lowest BCUT2D eigenvalue weighted by Gasteiger charge is -2.09. The van der Waals surface area contributed by atoms with E-state index in [-0.39, 0.29) is 27.5 Å². The summed E-state index contributed by atoms with van der Waals surface area (Å²) in [4.78, 5) is 17.2. The molecule has 1 heterocycles. The van der Waals surface area contributed by atoms with Gasteiger partial charge in [0, 0.05) is 17.8 Å². The normalized spacial score (nSPS) is 12.1. The van der Waals surface area contributed by atoms with Crippen LogP contribution < -0.4 is 9.52 Å². The first-order chi connectivity index (χ1) is 15.8. The van der Waals surface area contributed by atoms with Gasteiger partial charge in [0.05, 0.1) is 15.1 Å². The highest BCUT2D eigenvalue weighted by Gasteiger charge is 2.16. The molecule has 0 bridgehead atoms. The number of anilines is 1. The van der Waals surface area contributed by atoms with Gasteiger partial charge in [-0.3, -0.25) is 9.52 Å². The smallest absolute Gasteiger partial charge is 0.279 e. The number of rotatable bonds is 6. The molecule has 168 valence electrons. The Labute approximate surface area is 192 Å². The Morgan fingerprint density at radius 2 is 1.82 bits per heavy atom. The second kappa shape index (κ2) is 9.08. The molecule has 4 rings (SSSR count). The number of sulfonamides is 1. The summed E-state index contributed by atoms with van der Waals surface area (Å²) in [6, 6.07) is 14.8. The van der Waals surface area contributed by atoms with Crippen LogP contribution in [0.5, 0.6) is 0 Å². The average Bonchev–Trinajstić information content (AvgIpc) is 3.12. The highest BCUT2D eigenvalue weighted by Crippen LogP contribution is 2.21. The number of nitrogens with zero attached hydrogens (tertiary/aromatic N) is 2. The predicted octanol–water partition coefficient (Wildman–Crippen LogP) is 4.71. The number of hydrogen-bond donors (Lipinski definition) is 1. The standard InChI is InChI=1S/C23H17F2N3O3S2/c1-2-13-28-21-19(25)7-4-8-20(21)32-23(28)26-22(29)15-5-3-6-17(14-15)27-33(30,31)18-11-9-16(24)10-12-18/h2-12,14,27H,1,13H2. The summed E-state index contributed by atoms with van der Waals surface area (Å²) in [6.07, 6.45) is 1.58. The van der Waals surface area contributed by atoms with E-state index in [2.05, 4.69) is 16.3 Å². The van der Waals surface area contributed by atoms with Crippen LogP contribution in [0.3, 0.4) is 0 Å². The first-order valence-corrected chi connectivity index (χ1v) is 11.9. The van der Waals surface area contributed by atoms with E-state index in [0.29, 0.717) is 10.2 Å². The molecule has 3 aromatic carbocycles. The molecule has 6 nitrogen and oxygen atoms in total. The highest BCUT2D eigenvalue weighted by atomic mass is 32.2. The number of halogens is 2. The SMILES string of the molecule is C=CCn1c(=NC(=O)c2cccc(NS(=O)(=O)c3ccc(F)cc3)c2)sc2cccc(F)c21. The van der Waals surface area contributed by atoms with Crippen molar-refractivity contribution < 1.29 is 22.0 Å². The molecule has 0 aliphatic carbocycles. The third-order valence-electron chi connectivity index (χ3n) is 4.65. The van der Waals surface area contributed by atoms with Crippen LogP contribution >= 0.6 is 11.3 Å². The van der Waals surface area contributed by atoms with E-state index in [0.717, 1.165) is 35.6 Å². The largest absolute Gasteiger partial charge is 0.310 e. The van der Waals surface area contributed by atoms with Crippen LogP contribution in [0.2, 0.25) is 0 Å². The van der Waals surface area contributed by atoms with Crippen LogP contribution in [0, 0.1) is 11.6 Å². The van der Waals surface area contributed by atoms with Gasteiger partial charge in [-0.15, -0.1) is 6.58 Å². The molecule has 0 saturated carbocycles. The first-order valence-electron chi connectivity index (χ1n) is 9.65. The van der Waals surface area contributed by atoms with Gasteiger partial charge >= 0.3 is 0 Å². The van der Waals surface area contributed by atoms with Gasteiger partial charge in [0.2, 0.25) is 0 Å². The van der Waals surface area contributed by atoms with Gasteiger partial charge in [-0.05, 0) is 54.6 Å². The van der Waals surface area contributed by atoms with Crippen LogP contribution in [0.4, 0.5) is 14.5 Å². The number of fused-ring (bicyclic) bond motifs is 1. The molecule has 1 amide bonds. The van der Waals surface area contributed by atoms with Gasteiger partial charge in [-0.25, -0.2) is 17.2 Å². The monoisotopic (exact) mass is 485 g/mol. The Bertz CT molecular complexity index is 1540. The van der Waals surface area contributed by atoms with E-state index in [4.69, 9.17) is 0 Å². The van der Waals surface area contributed by atoms with Crippen molar-refractivity contribution in [2.75, 3.05) is 4.72 Å². The van der Waals surface area contributed by atoms with Crippen LogP contribution in [0.1, 0.15) is 10.4 Å². The van der Waals surface area contributed by atoms with E-state index in [1.165, 1.54) is 30.3 Å². The van der Waals surface area contributed by atoms with Crippen LogP contribution in [-0.2, 0) is 16.6 Å². The summed E-state index contributed by atoms with van der Waals surface area (Å²) in [6.45, 7) is 3.93. The molecule has 0 spiro atoms. The molecule has 0 radical (unpaired) electrons. The summed E-state index contributed by atoms with van der Waals surface area (Å²) in [5, 5.41) is 0. The molecule has 0 fully saturated rings. The van der Waals surface area contributed by atoms with Crippen LogP contribution in [0.25, 0.3) is 10.2 Å². The lowest BCUT2D eigenvalue weighted by molar-refractivity contribution is 0.0998. The van der Waals surface area contributed by atoms with Gasteiger partial charge in [0.25, 0.3) is 15.9 Å². The Morgan fingerprint density at radius 1 is 1.09 bits per heavy atom. The van der Waals surface area contributed by atoms with Crippen molar-refractivity contribution in [3.05, 3.63) is 101 Å². The number of nitrogens with one attached hydrogen (secondary N) is 1. The van der Waals surface area contributed by atoms with Crippen molar-refractivity contribution in [1.82, 2.24) is 4.57 Å². The minimum absolute atomic E-state index is 0.122. The fourth-order valence-corrected chi connectivity index (χ4v) is 5.27. The molecule has 0 aliphatic rings. The molecule has 1 aromatic heterocycles. The molecule has 4 aromatic rings. The van der Waals surface area contributed by atoms with Crippen molar-refractivity contribution in [1.29, 1.82) is 0 Å². The summed E-state index contributed by atoms with van der Waals surface area (Å²) >= 11 is 1.16. The van der Waals surface area contributed by atoms with Crippen molar-refractivity contribution in [3.63, 3.8) is 0 Å². The minimum Gasteiger partial charge on any atom is -0.310 e. The maximum atomic E-state index is 14.4. The second-order valence-electron chi connectivity index (χ2n) is 6.93. The molecule has 0 saturated heterocycles. The van der Waals surface area contributed by atoms with Gasteiger partial charge in [-0.1, -0.05) is 29.5 Å². The van der Waals surface area contributed by atoms with Crippen molar-refractivity contribution in [3.8, 4) is 0 Å². The number of thiazole rings is 1. The van der Waals surface area contributed by atoms with E-state index >= 15 is 0 Å². The van der Waals surface area contributed by atoms with E-state index in [1.54, 1.807) is 22.8 Å². The zero-order valence-corrected chi connectivity index (χ0v) is 18.7. The maximum absolute atomic E-state index is 14.4. The quantitative estimate of drug-likeness (QED) is 0.402. The summed E-state index contributed by atoms with van der Waals surface area (Å²) in [5.41, 5.74) is 0.605. The topological polar surface area (TPSA) is 80.5 Å². The highest BCUT2D eigenvalue weighted by molar-refractivity contribution is 7.92. The molecular weight excluding hydrogens is 468 g/mol. The Kier molecular flexibility index (Phi) is 6.21. The molecular formula is C23H17F2N3O3S2. The number of carbonyl (C=O) groups is 1. The maximum Gasteiger partial charge on any atom is 0.279 e. The predicted molar refractivity (Wildman–Crippen MR) is 124 cm³/mol. The Morgan fingerprint density at radius 3 is 2.55 bits per heavy atom. The van der Waals surface area contributed by atoms with Gasteiger partial charge in [0.15, 0.2) is 4.80 Å². The number of hydrogen-bond acceptors (Lipinski definition) is 4. The summed E-state index contributed by atoms with van der Waals surface area (Å²) in [5.74, 6) is -1.61. The Hall–Kier alpha value is -3.63. The van der Waals surface area contributed by atoms with Crippen molar-refractivity contribution in [2.24, 2.45) is 4.99 Å². The molecule has 1 N–H and O–H groups in total. The third kappa shape index (κ3) is 4.76. The molecule has 0 aliphatic heterocycles. The van der Waals surface area contributed by atoms with E-state index in [9.17, 15) is 22.0 Å². The van der Waals surface area contributed by atoms with E-state index in [1.807, 2.05) is 0 Å². The molecule has 10 heteroatoms.